The number of aryl methyl sites for hydroxylation is 1. The van der Waals surface area contributed by atoms with E-state index in [1.807, 2.05) is 0 Å². The fourth-order valence-corrected chi connectivity index (χ4v) is 2.13. The van der Waals surface area contributed by atoms with Gasteiger partial charge in [-0.2, -0.15) is 0 Å². The molecular weight excluding hydrogens is 268 g/mol. The highest BCUT2D eigenvalue weighted by Crippen LogP contribution is 2.21. The molecule has 6 heteroatoms. The summed E-state index contributed by atoms with van der Waals surface area (Å²) < 4.78 is 5.39. The van der Waals surface area contributed by atoms with Gasteiger partial charge in [0.05, 0.1) is 0 Å². The standard InChI is InChI=1S/C15H14N4O2/c1-8-18-13-7-12(2-3-14(13)21-8)19-15(20)9-4-10(16)6-11(17)5-9/h2-7H,16-17H2,1H3,(H,19,20). The smallest absolute Gasteiger partial charge is 0.255 e. The Morgan fingerprint density at radius 1 is 1.14 bits per heavy atom. The van der Waals surface area contributed by atoms with Gasteiger partial charge < -0.3 is 21.2 Å². The van der Waals surface area contributed by atoms with Crippen LogP contribution in [0, 0.1) is 6.92 Å². The number of aromatic nitrogens is 1. The summed E-state index contributed by atoms with van der Waals surface area (Å²) in [4.78, 5) is 16.4. The Balaban J connectivity index is 1.88. The highest BCUT2D eigenvalue weighted by molar-refractivity contribution is 6.06. The number of amides is 1. The first-order valence-corrected chi connectivity index (χ1v) is 6.36. The summed E-state index contributed by atoms with van der Waals surface area (Å²) in [5, 5.41) is 2.78. The molecule has 0 aliphatic heterocycles. The summed E-state index contributed by atoms with van der Waals surface area (Å²) in [7, 11) is 0. The van der Waals surface area contributed by atoms with Crippen LogP contribution in [0.3, 0.4) is 0 Å². The number of fused-ring (bicyclic) bond motifs is 1. The summed E-state index contributed by atoms with van der Waals surface area (Å²) in [6.45, 7) is 1.77. The normalized spacial score (nSPS) is 10.7. The van der Waals surface area contributed by atoms with E-state index in [0.29, 0.717) is 39.6 Å². The molecule has 1 amide bonds. The molecule has 0 bridgehead atoms. The van der Waals surface area contributed by atoms with Crippen molar-refractivity contribution in [3.05, 3.63) is 47.9 Å². The Hall–Kier alpha value is -3.02. The number of carbonyl (C=O) groups is 1. The summed E-state index contributed by atoms with van der Waals surface area (Å²) in [6.07, 6.45) is 0. The second-order valence-electron chi connectivity index (χ2n) is 4.76. The van der Waals surface area contributed by atoms with Gasteiger partial charge in [0.15, 0.2) is 11.5 Å². The summed E-state index contributed by atoms with van der Waals surface area (Å²) in [5.41, 5.74) is 14.7. The van der Waals surface area contributed by atoms with Gasteiger partial charge in [0.2, 0.25) is 0 Å². The number of oxazole rings is 1. The van der Waals surface area contributed by atoms with Gasteiger partial charge in [0.25, 0.3) is 5.91 Å². The van der Waals surface area contributed by atoms with Crippen molar-refractivity contribution < 1.29 is 9.21 Å². The fourth-order valence-electron chi connectivity index (χ4n) is 2.13. The molecule has 0 aliphatic carbocycles. The average Bonchev–Trinajstić information content (AvgIpc) is 2.77. The van der Waals surface area contributed by atoms with Crippen LogP contribution in [0.5, 0.6) is 0 Å². The van der Waals surface area contributed by atoms with Gasteiger partial charge in [-0.05, 0) is 36.4 Å². The van der Waals surface area contributed by atoms with Crippen LogP contribution in [0.4, 0.5) is 17.1 Å². The lowest BCUT2D eigenvalue weighted by Crippen LogP contribution is -2.12. The van der Waals surface area contributed by atoms with Gasteiger partial charge in [0, 0.05) is 29.5 Å². The van der Waals surface area contributed by atoms with Crippen LogP contribution in [0.2, 0.25) is 0 Å². The van der Waals surface area contributed by atoms with E-state index < -0.39 is 0 Å². The van der Waals surface area contributed by atoms with E-state index in [2.05, 4.69) is 10.3 Å². The van der Waals surface area contributed by atoms with Gasteiger partial charge >= 0.3 is 0 Å². The predicted molar refractivity (Wildman–Crippen MR) is 82.0 cm³/mol. The fraction of sp³-hybridized carbons (Fsp3) is 0.0667. The maximum absolute atomic E-state index is 12.2. The minimum atomic E-state index is -0.284. The van der Waals surface area contributed by atoms with Crippen molar-refractivity contribution in [1.29, 1.82) is 0 Å². The summed E-state index contributed by atoms with van der Waals surface area (Å²) >= 11 is 0. The van der Waals surface area contributed by atoms with Crippen LogP contribution in [0.15, 0.2) is 40.8 Å². The third-order valence-electron chi connectivity index (χ3n) is 2.99. The zero-order chi connectivity index (χ0) is 15.0. The molecule has 0 saturated heterocycles. The van der Waals surface area contributed by atoms with Crippen molar-refractivity contribution in [2.24, 2.45) is 0 Å². The zero-order valence-corrected chi connectivity index (χ0v) is 11.4. The highest BCUT2D eigenvalue weighted by atomic mass is 16.3. The molecule has 6 nitrogen and oxygen atoms in total. The number of benzene rings is 2. The van der Waals surface area contributed by atoms with Crippen molar-refractivity contribution >= 4 is 34.1 Å². The quantitative estimate of drug-likeness (QED) is 0.626. The van der Waals surface area contributed by atoms with Crippen LogP contribution in [0.25, 0.3) is 11.1 Å². The van der Waals surface area contributed by atoms with Crippen LogP contribution in [-0.4, -0.2) is 10.9 Å². The highest BCUT2D eigenvalue weighted by Gasteiger charge is 2.09. The Morgan fingerprint density at radius 2 is 1.86 bits per heavy atom. The molecule has 0 saturated carbocycles. The Kier molecular flexibility index (Phi) is 2.98. The Labute approximate surface area is 120 Å². The van der Waals surface area contributed by atoms with E-state index in [1.165, 1.54) is 0 Å². The second-order valence-corrected chi connectivity index (χ2v) is 4.76. The minimum Gasteiger partial charge on any atom is -0.441 e. The van der Waals surface area contributed by atoms with Crippen molar-refractivity contribution in [3.63, 3.8) is 0 Å². The number of rotatable bonds is 2. The van der Waals surface area contributed by atoms with Crippen molar-refractivity contribution in [2.45, 2.75) is 6.92 Å². The van der Waals surface area contributed by atoms with Crippen molar-refractivity contribution in [2.75, 3.05) is 16.8 Å². The number of nitrogens with one attached hydrogen (secondary N) is 1. The minimum absolute atomic E-state index is 0.284. The molecule has 0 unspecified atom stereocenters. The molecular formula is C15H14N4O2. The zero-order valence-electron chi connectivity index (χ0n) is 11.4. The predicted octanol–water partition coefficient (Wildman–Crippen LogP) is 2.55. The van der Waals surface area contributed by atoms with E-state index in [0.717, 1.165) is 0 Å². The first-order chi connectivity index (χ1) is 10.0. The molecule has 0 aliphatic rings. The first-order valence-electron chi connectivity index (χ1n) is 6.36. The average molecular weight is 282 g/mol. The van der Waals surface area contributed by atoms with Gasteiger partial charge in [-0.3, -0.25) is 4.79 Å². The maximum Gasteiger partial charge on any atom is 0.255 e. The molecule has 1 heterocycles. The molecule has 2 aromatic carbocycles. The summed E-state index contributed by atoms with van der Waals surface area (Å²) in [5.74, 6) is 0.297. The van der Waals surface area contributed by atoms with Gasteiger partial charge in [-0.1, -0.05) is 0 Å². The van der Waals surface area contributed by atoms with Crippen LogP contribution >= 0.6 is 0 Å². The number of hydrogen-bond acceptors (Lipinski definition) is 5. The van der Waals surface area contributed by atoms with E-state index in [-0.39, 0.29) is 5.91 Å². The molecule has 3 rings (SSSR count). The molecule has 0 fully saturated rings. The van der Waals surface area contributed by atoms with Gasteiger partial charge in [-0.15, -0.1) is 0 Å². The molecule has 0 spiro atoms. The third kappa shape index (κ3) is 2.64. The molecule has 5 N–H and O–H groups in total. The maximum atomic E-state index is 12.2. The van der Waals surface area contributed by atoms with Gasteiger partial charge in [0.1, 0.15) is 5.52 Å². The summed E-state index contributed by atoms with van der Waals surface area (Å²) in [6, 6.07) is 10.0. The van der Waals surface area contributed by atoms with Gasteiger partial charge in [-0.25, -0.2) is 4.98 Å². The number of anilines is 3. The molecule has 3 aromatic rings. The van der Waals surface area contributed by atoms with Crippen LogP contribution in [0.1, 0.15) is 16.2 Å². The lowest BCUT2D eigenvalue weighted by Gasteiger charge is -2.06. The number of nitrogens with two attached hydrogens (primary N) is 2. The molecule has 0 atom stereocenters. The van der Waals surface area contributed by atoms with Crippen LogP contribution < -0.4 is 16.8 Å². The van der Waals surface area contributed by atoms with E-state index >= 15 is 0 Å². The Bertz CT molecular complexity index is 819. The van der Waals surface area contributed by atoms with Crippen LogP contribution in [-0.2, 0) is 0 Å². The van der Waals surface area contributed by atoms with E-state index in [4.69, 9.17) is 15.9 Å². The lowest BCUT2D eigenvalue weighted by atomic mass is 10.1. The third-order valence-corrected chi connectivity index (χ3v) is 2.99. The molecule has 21 heavy (non-hydrogen) atoms. The monoisotopic (exact) mass is 282 g/mol. The lowest BCUT2D eigenvalue weighted by molar-refractivity contribution is 0.102. The van der Waals surface area contributed by atoms with E-state index in [9.17, 15) is 4.79 Å². The van der Waals surface area contributed by atoms with Crippen molar-refractivity contribution in [1.82, 2.24) is 4.98 Å². The number of nitrogen functional groups attached to an aromatic ring is 2. The van der Waals surface area contributed by atoms with E-state index in [1.54, 1.807) is 43.3 Å². The number of hydrogen-bond donors (Lipinski definition) is 3. The Morgan fingerprint density at radius 3 is 2.57 bits per heavy atom. The SMILES string of the molecule is Cc1nc2cc(NC(=O)c3cc(N)cc(N)c3)ccc2o1. The first kappa shape index (κ1) is 13.0. The topological polar surface area (TPSA) is 107 Å². The molecule has 106 valence electrons. The largest absolute Gasteiger partial charge is 0.441 e. The second kappa shape index (κ2) is 4.82. The molecule has 1 aromatic heterocycles. The number of nitrogens with zero attached hydrogens (tertiary/aromatic N) is 1. The van der Waals surface area contributed by atoms with Crippen molar-refractivity contribution in [3.8, 4) is 0 Å². The number of carbonyl (C=O) groups excluding carboxylic acids is 1. The molecule has 0 radical (unpaired) electrons.